The summed E-state index contributed by atoms with van der Waals surface area (Å²) in [6, 6.07) is 4.13. The quantitative estimate of drug-likeness (QED) is 0.772. The van der Waals surface area contributed by atoms with E-state index < -0.39 is 0 Å². The number of aromatic nitrogens is 3. The molecule has 0 saturated carbocycles. The lowest BCUT2D eigenvalue weighted by molar-refractivity contribution is -0.140. The predicted molar refractivity (Wildman–Crippen MR) is 93.8 cm³/mol. The van der Waals surface area contributed by atoms with Crippen molar-refractivity contribution in [2.45, 2.75) is 38.1 Å². The summed E-state index contributed by atoms with van der Waals surface area (Å²) >= 11 is 0. The van der Waals surface area contributed by atoms with E-state index in [4.69, 9.17) is 4.74 Å². The highest BCUT2D eigenvalue weighted by atomic mass is 16.5. The molecule has 1 aliphatic rings. The normalized spacial score (nSPS) is 17.4. The molecule has 2 aromatic heterocycles. The van der Waals surface area contributed by atoms with Gasteiger partial charge in [0.05, 0.1) is 24.9 Å². The summed E-state index contributed by atoms with van der Waals surface area (Å²) in [6.07, 6.45) is 12.7. The SMILES string of the molecule is O=C(CCCc1ccncc1)N1CCOC[C@H]1CCc1cnccn1. The zero-order valence-electron chi connectivity index (χ0n) is 14.4. The summed E-state index contributed by atoms with van der Waals surface area (Å²) in [5, 5.41) is 0. The van der Waals surface area contributed by atoms with Crippen molar-refractivity contribution >= 4 is 5.91 Å². The second kappa shape index (κ2) is 9.22. The van der Waals surface area contributed by atoms with Gasteiger partial charge >= 0.3 is 0 Å². The number of rotatable bonds is 7. The molecule has 6 nitrogen and oxygen atoms in total. The van der Waals surface area contributed by atoms with Crippen LogP contribution in [-0.2, 0) is 22.4 Å². The summed E-state index contributed by atoms with van der Waals surface area (Å²) in [5.41, 5.74) is 2.18. The summed E-state index contributed by atoms with van der Waals surface area (Å²) in [7, 11) is 0. The molecule has 1 atom stereocenters. The van der Waals surface area contributed by atoms with E-state index in [1.54, 1.807) is 31.0 Å². The van der Waals surface area contributed by atoms with Crippen molar-refractivity contribution in [1.82, 2.24) is 19.9 Å². The summed E-state index contributed by atoms with van der Waals surface area (Å²) in [4.78, 5) is 27.0. The first-order valence-corrected chi connectivity index (χ1v) is 8.84. The van der Waals surface area contributed by atoms with E-state index >= 15 is 0 Å². The molecule has 25 heavy (non-hydrogen) atoms. The van der Waals surface area contributed by atoms with E-state index in [1.807, 2.05) is 17.0 Å². The highest BCUT2D eigenvalue weighted by Gasteiger charge is 2.26. The third-order valence-corrected chi connectivity index (χ3v) is 4.50. The summed E-state index contributed by atoms with van der Waals surface area (Å²) < 4.78 is 5.59. The molecule has 1 amide bonds. The Morgan fingerprint density at radius 1 is 1.16 bits per heavy atom. The molecule has 0 aromatic carbocycles. The Morgan fingerprint density at radius 3 is 2.84 bits per heavy atom. The van der Waals surface area contributed by atoms with Crippen molar-refractivity contribution in [3.8, 4) is 0 Å². The van der Waals surface area contributed by atoms with Gasteiger partial charge in [-0.2, -0.15) is 0 Å². The number of nitrogens with zero attached hydrogens (tertiary/aromatic N) is 4. The van der Waals surface area contributed by atoms with Crippen molar-refractivity contribution in [3.63, 3.8) is 0 Å². The fourth-order valence-corrected chi connectivity index (χ4v) is 3.13. The highest BCUT2D eigenvalue weighted by Crippen LogP contribution is 2.16. The molecule has 132 valence electrons. The lowest BCUT2D eigenvalue weighted by atomic mass is 10.1. The first kappa shape index (κ1) is 17.5. The van der Waals surface area contributed by atoms with Gasteiger partial charge in [0, 0.05) is 43.9 Å². The molecule has 0 unspecified atom stereocenters. The van der Waals surface area contributed by atoms with E-state index in [1.165, 1.54) is 5.56 Å². The molecule has 0 N–H and O–H groups in total. The van der Waals surface area contributed by atoms with Crippen molar-refractivity contribution in [3.05, 3.63) is 54.4 Å². The van der Waals surface area contributed by atoms with Gasteiger partial charge in [-0.3, -0.25) is 19.7 Å². The van der Waals surface area contributed by atoms with Gasteiger partial charge in [0.25, 0.3) is 0 Å². The molecule has 1 aliphatic heterocycles. The molecule has 0 aliphatic carbocycles. The zero-order valence-corrected chi connectivity index (χ0v) is 14.4. The molecule has 1 saturated heterocycles. The van der Waals surface area contributed by atoms with E-state index in [0.717, 1.165) is 31.4 Å². The number of aryl methyl sites for hydroxylation is 2. The minimum atomic E-state index is 0.129. The summed E-state index contributed by atoms with van der Waals surface area (Å²) in [5.74, 6) is 0.224. The standard InChI is InChI=1S/C19H24N4O2/c24-19(3-1-2-16-6-8-20-9-7-16)23-12-13-25-15-18(23)5-4-17-14-21-10-11-22-17/h6-11,14,18H,1-5,12-13,15H2/t18-/m1/s1. The Kier molecular flexibility index (Phi) is 6.45. The van der Waals surface area contributed by atoms with E-state index in [-0.39, 0.29) is 11.9 Å². The Labute approximate surface area is 148 Å². The second-order valence-electron chi connectivity index (χ2n) is 6.26. The predicted octanol–water partition coefficient (Wildman–Crippen LogP) is 2.05. The second-order valence-corrected chi connectivity index (χ2v) is 6.26. The molecular formula is C19H24N4O2. The van der Waals surface area contributed by atoms with Gasteiger partial charge in [-0.15, -0.1) is 0 Å². The molecule has 0 spiro atoms. The van der Waals surface area contributed by atoms with Gasteiger partial charge in [0.2, 0.25) is 5.91 Å². The Hall–Kier alpha value is -2.34. The first-order chi connectivity index (χ1) is 12.3. The number of carbonyl (C=O) groups is 1. The number of hydrogen-bond acceptors (Lipinski definition) is 5. The van der Waals surface area contributed by atoms with Crippen molar-refractivity contribution in [1.29, 1.82) is 0 Å². The molecule has 0 radical (unpaired) electrons. The lowest BCUT2D eigenvalue weighted by Crippen LogP contribution is -2.48. The van der Waals surface area contributed by atoms with Crippen LogP contribution in [-0.4, -0.2) is 51.6 Å². The fraction of sp³-hybridized carbons (Fsp3) is 0.474. The third kappa shape index (κ3) is 5.32. The number of carbonyl (C=O) groups excluding carboxylic acids is 1. The average Bonchev–Trinajstić information content (AvgIpc) is 2.68. The van der Waals surface area contributed by atoms with Gasteiger partial charge < -0.3 is 9.64 Å². The number of amides is 1. The Balaban J connectivity index is 1.48. The van der Waals surface area contributed by atoms with Crippen LogP contribution in [0.25, 0.3) is 0 Å². The van der Waals surface area contributed by atoms with E-state index in [2.05, 4.69) is 15.0 Å². The van der Waals surface area contributed by atoms with Crippen LogP contribution < -0.4 is 0 Å². The fourth-order valence-electron chi connectivity index (χ4n) is 3.13. The monoisotopic (exact) mass is 340 g/mol. The minimum Gasteiger partial charge on any atom is -0.377 e. The maximum atomic E-state index is 12.6. The molecule has 6 heteroatoms. The van der Waals surface area contributed by atoms with Gasteiger partial charge in [0.15, 0.2) is 0 Å². The lowest BCUT2D eigenvalue weighted by Gasteiger charge is -2.35. The molecule has 3 rings (SSSR count). The maximum Gasteiger partial charge on any atom is 0.222 e. The molecular weight excluding hydrogens is 316 g/mol. The Bertz CT molecular complexity index is 651. The van der Waals surface area contributed by atoms with Crippen molar-refractivity contribution in [2.24, 2.45) is 0 Å². The molecule has 3 heterocycles. The van der Waals surface area contributed by atoms with Crippen LogP contribution in [0.5, 0.6) is 0 Å². The van der Waals surface area contributed by atoms with Crippen LogP contribution in [0.4, 0.5) is 0 Å². The van der Waals surface area contributed by atoms with Crippen LogP contribution >= 0.6 is 0 Å². The maximum absolute atomic E-state index is 12.6. The van der Waals surface area contributed by atoms with Crippen molar-refractivity contribution < 1.29 is 9.53 Å². The van der Waals surface area contributed by atoms with Crippen LogP contribution in [0.15, 0.2) is 43.1 Å². The van der Waals surface area contributed by atoms with Gasteiger partial charge in [-0.25, -0.2) is 0 Å². The number of hydrogen-bond donors (Lipinski definition) is 0. The minimum absolute atomic E-state index is 0.129. The van der Waals surface area contributed by atoms with Gasteiger partial charge in [-0.1, -0.05) is 0 Å². The number of ether oxygens (including phenoxy) is 1. The van der Waals surface area contributed by atoms with Crippen molar-refractivity contribution in [2.75, 3.05) is 19.8 Å². The summed E-state index contributed by atoms with van der Waals surface area (Å²) in [6.45, 7) is 1.91. The van der Waals surface area contributed by atoms with Gasteiger partial charge in [-0.05, 0) is 43.4 Å². The van der Waals surface area contributed by atoms with Crippen LogP contribution in [0.1, 0.15) is 30.5 Å². The number of morpholine rings is 1. The number of pyridine rings is 1. The molecule has 0 bridgehead atoms. The topological polar surface area (TPSA) is 68.2 Å². The highest BCUT2D eigenvalue weighted by molar-refractivity contribution is 5.76. The average molecular weight is 340 g/mol. The van der Waals surface area contributed by atoms with Crippen LogP contribution in [0.2, 0.25) is 0 Å². The largest absolute Gasteiger partial charge is 0.377 e. The van der Waals surface area contributed by atoms with E-state index in [0.29, 0.717) is 26.2 Å². The smallest absolute Gasteiger partial charge is 0.222 e. The Morgan fingerprint density at radius 2 is 2.04 bits per heavy atom. The van der Waals surface area contributed by atoms with Crippen LogP contribution in [0, 0.1) is 0 Å². The van der Waals surface area contributed by atoms with E-state index in [9.17, 15) is 4.79 Å². The van der Waals surface area contributed by atoms with Gasteiger partial charge in [0.1, 0.15) is 0 Å². The zero-order chi connectivity index (χ0) is 17.3. The molecule has 2 aromatic rings. The molecule has 1 fully saturated rings. The van der Waals surface area contributed by atoms with Crippen LogP contribution in [0.3, 0.4) is 0 Å². The first-order valence-electron chi connectivity index (χ1n) is 8.84. The third-order valence-electron chi connectivity index (χ3n) is 4.50.